The Hall–Kier alpha value is -2.71. The fourth-order valence-corrected chi connectivity index (χ4v) is 4.16. The number of amides is 1. The second kappa shape index (κ2) is 9.65. The monoisotopic (exact) mass is 468 g/mol. The molecule has 178 valence electrons. The highest BCUT2D eigenvalue weighted by atomic mass is 28.3. The summed E-state index contributed by atoms with van der Waals surface area (Å²) < 4.78 is 13.6. The van der Waals surface area contributed by atoms with Crippen LogP contribution in [0.25, 0.3) is 22.2 Å². The second-order valence-electron chi connectivity index (χ2n) is 10.6. The molecule has 0 aliphatic carbocycles. The largest absolute Gasteiger partial charge is 0.443 e. The van der Waals surface area contributed by atoms with Gasteiger partial charge in [-0.3, -0.25) is 4.90 Å². The molecule has 33 heavy (non-hydrogen) atoms. The van der Waals surface area contributed by atoms with E-state index in [-0.39, 0.29) is 0 Å². The van der Waals surface area contributed by atoms with Crippen LogP contribution in [0.15, 0.2) is 36.7 Å². The molecular weight excluding hydrogens is 432 g/mol. The summed E-state index contributed by atoms with van der Waals surface area (Å²) in [4.78, 5) is 23.5. The van der Waals surface area contributed by atoms with E-state index in [1.807, 2.05) is 56.7 Å². The molecule has 8 heteroatoms. The van der Waals surface area contributed by atoms with Gasteiger partial charge in [0.25, 0.3) is 0 Å². The van der Waals surface area contributed by atoms with E-state index >= 15 is 0 Å². The molecule has 0 radical (unpaired) electrons. The van der Waals surface area contributed by atoms with Crippen molar-refractivity contribution in [3.8, 4) is 11.1 Å². The minimum Gasteiger partial charge on any atom is -0.443 e. The summed E-state index contributed by atoms with van der Waals surface area (Å²) in [5.41, 5.74) is 2.98. The van der Waals surface area contributed by atoms with Crippen LogP contribution in [0.1, 0.15) is 26.5 Å². The number of aromatic nitrogens is 3. The first-order valence-corrected chi connectivity index (χ1v) is 15.0. The number of anilines is 1. The minimum atomic E-state index is -1.16. The predicted molar refractivity (Wildman–Crippen MR) is 136 cm³/mol. The summed E-state index contributed by atoms with van der Waals surface area (Å²) in [5, 5.41) is 0.987. The summed E-state index contributed by atoms with van der Waals surface area (Å²) >= 11 is 0. The van der Waals surface area contributed by atoms with Crippen molar-refractivity contribution in [2.45, 2.75) is 65.7 Å². The van der Waals surface area contributed by atoms with Crippen molar-refractivity contribution in [1.82, 2.24) is 14.5 Å². The first kappa shape index (κ1) is 24.9. The lowest BCUT2D eigenvalue weighted by Crippen LogP contribution is -2.34. The minimum absolute atomic E-state index is 0.426. The van der Waals surface area contributed by atoms with Crippen LogP contribution in [0.4, 0.5) is 10.6 Å². The number of hydrogen-bond donors (Lipinski definition) is 0. The Kier molecular flexibility index (Phi) is 7.28. The quantitative estimate of drug-likeness (QED) is 0.310. The number of carbonyl (C=O) groups is 1. The highest BCUT2D eigenvalue weighted by Gasteiger charge is 2.25. The summed E-state index contributed by atoms with van der Waals surface area (Å²) in [5.74, 6) is 0.533. The number of ether oxygens (including phenoxy) is 2. The molecule has 3 aromatic rings. The molecule has 0 atom stereocenters. The Balaban J connectivity index is 1.98. The third kappa shape index (κ3) is 6.42. The third-order valence-electron chi connectivity index (χ3n) is 5.15. The molecule has 0 bridgehead atoms. The Morgan fingerprint density at radius 2 is 1.88 bits per heavy atom. The van der Waals surface area contributed by atoms with Gasteiger partial charge in [-0.05, 0) is 58.0 Å². The van der Waals surface area contributed by atoms with E-state index in [0.717, 1.165) is 40.5 Å². The molecule has 1 amide bonds. The Morgan fingerprint density at radius 3 is 2.55 bits per heavy atom. The summed E-state index contributed by atoms with van der Waals surface area (Å²) in [6, 6.07) is 9.01. The average Bonchev–Trinajstić information content (AvgIpc) is 3.06. The van der Waals surface area contributed by atoms with E-state index in [9.17, 15) is 4.79 Å². The molecule has 0 saturated heterocycles. The Morgan fingerprint density at radius 1 is 1.15 bits per heavy atom. The fourth-order valence-electron chi connectivity index (χ4n) is 3.40. The van der Waals surface area contributed by atoms with Gasteiger partial charge in [0, 0.05) is 56.3 Å². The Bertz CT molecular complexity index is 1130. The van der Waals surface area contributed by atoms with E-state index in [0.29, 0.717) is 12.5 Å². The van der Waals surface area contributed by atoms with Gasteiger partial charge < -0.3 is 14.0 Å². The molecule has 7 nitrogen and oxygen atoms in total. The second-order valence-corrected chi connectivity index (χ2v) is 16.2. The number of fused-ring (bicyclic) bond motifs is 1. The van der Waals surface area contributed by atoms with Gasteiger partial charge in [0.05, 0.1) is 0 Å². The molecule has 0 saturated carbocycles. The number of aryl methyl sites for hydroxylation is 1. The van der Waals surface area contributed by atoms with Crippen LogP contribution in [-0.4, -0.2) is 48.0 Å². The van der Waals surface area contributed by atoms with Crippen LogP contribution >= 0.6 is 0 Å². The van der Waals surface area contributed by atoms with Gasteiger partial charge in [-0.25, -0.2) is 14.8 Å². The lowest BCUT2D eigenvalue weighted by Gasteiger charge is -2.25. The zero-order chi connectivity index (χ0) is 24.4. The molecule has 0 aliphatic heterocycles. The van der Waals surface area contributed by atoms with Crippen LogP contribution in [0.2, 0.25) is 25.7 Å². The van der Waals surface area contributed by atoms with Crippen molar-refractivity contribution in [2.75, 3.05) is 18.6 Å². The molecule has 0 N–H and O–H groups in total. The summed E-state index contributed by atoms with van der Waals surface area (Å²) in [6.07, 6.45) is 3.27. The van der Waals surface area contributed by atoms with Crippen molar-refractivity contribution < 1.29 is 14.3 Å². The maximum absolute atomic E-state index is 12.7. The van der Waals surface area contributed by atoms with E-state index < -0.39 is 19.8 Å². The topological polar surface area (TPSA) is 69.5 Å². The number of rotatable bonds is 7. The fraction of sp³-hybridized carbons (Fsp3) is 0.480. The SMILES string of the molecule is Cc1ccc2c(-c3cccnc3N(C)C(=O)OC(C)(C)C)cn(COCC[Si](C)(C)C)c2n1. The third-order valence-corrected chi connectivity index (χ3v) is 6.85. The standard InChI is InChI=1S/C25H36N4O3Si/c1-18-11-12-20-21(16-29(23(20)27-18)17-31-14-15-33(6,7)8)19-10-9-13-26-22(19)28(5)24(30)32-25(2,3)4/h9-13,16H,14-15,17H2,1-8H3. The summed E-state index contributed by atoms with van der Waals surface area (Å²) in [7, 11) is 0.521. The molecule has 0 spiro atoms. The molecule has 3 rings (SSSR count). The molecule has 0 aromatic carbocycles. The lowest BCUT2D eigenvalue weighted by molar-refractivity contribution is 0.0588. The summed E-state index contributed by atoms with van der Waals surface area (Å²) in [6.45, 7) is 15.7. The van der Waals surface area contributed by atoms with E-state index in [2.05, 4.69) is 30.7 Å². The number of nitrogens with zero attached hydrogens (tertiary/aromatic N) is 4. The maximum Gasteiger partial charge on any atom is 0.415 e. The predicted octanol–water partition coefficient (Wildman–Crippen LogP) is 6.09. The first-order chi connectivity index (χ1) is 15.4. The van der Waals surface area contributed by atoms with Crippen molar-refractivity contribution in [2.24, 2.45) is 0 Å². The van der Waals surface area contributed by atoms with Crippen molar-refractivity contribution in [3.05, 3.63) is 42.4 Å². The van der Waals surface area contributed by atoms with Crippen molar-refractivity contribution in [3.63, 3.8) is 0 Å². The maximum atomic E-state index is 12.7. The molecule has 0 aliphatic rings. The van der Waals surface area contributed by atoms with Crippen molar-refractivity contribution >= 4 is 31.0 Å². The van der Waals surface area contributed by atoms with E-state index in [1.165, 1.54) is 4.90 Å². The highest BCUT2D eigenvalue weighted by Crippen LogP contribution is 2.35. The van der Waals surface area contributed by atoms with Gasteiger partial charge in [0.2, 0.25) is 0 Å². The van der Waals surface area contributed by atoms with Gasteiger partial charge in [-0.15, -0.1) is 0 Å². The molecule has 3 heterocycles. The van der Waals surface area contributed by atoms with Crippen LogP contribution in [0.5, 0.6) is 0 Å². The zero-order valence-corrected chi connectivity index (χ0v) is 22.1. The number of hydrogen-bond acceptors (Lipinski definition) is 5. The highest BCUT2D eigenvalue weighted by molar-refractivity contribution is 6.76. The lowest BCUT2D eigenvalue weighted by atomic mass is 10.1. The molecule has 0 fully saturated rings. The van der Waals surface area contributed by atoms with E-state index in [4.69, 9.17) is 14.5 Å². The number of carbonyl (C=O) groups excluding carboxylic acids is 1. The molecule has 3 aromatic heterocycles. The average molecular weight is 469 g/mol. The van der Waals surface area contributed by atoms with E-state index in [1.54, 1.807) is 13.2 Å². The molecular formula is C25H36N4O3Si. The van der Waals surface area contributed by atoms with Crippen LogP contribution in [0.3, 0.4) is 0 Å². The van der Waals surface area contributed by atoms with Gasteiger partial charge in [0.1, 0.15) is 23.8 Å². The van der Waals surface area contributed by atoms with Crippen LogP contribution in [0, 0.1) is 6.92 Å². The zero-order valence-electron chi connectivity index (χ0n) is 21.1. The van der Waals surface area contributed by atoms with Crippen LogP contribution in [-0.2, 0) is 16.2 Å². The van der Waals surface area contributed by atoms with Gasteiger partial charge in [0.15, 0.2) is 0 Å². The van der Waals surface area contributed by atoms with Gasteiger partial charge in [-0.2, -0.15) is 0 Å². The van der Waals surface area contributed by atoms with Crippen LogP contribution < -0.4 is 4.90 Å². The first-order valence-electron chi connectivity index (χ1n) is 11.3. The normalized spacial score (nSPS) is 12.2. The molecule has 0 unspecified atom stereocenters. The van der Waals surface area contributed by atoms with Gasteiger partial charge >= 0.3 is 6.09 Å². The van der Waals surface area contributed by atoms with Crippen molar-refractivity contribution in [1.29, 1.82) is 0 Å². The smallest absolute Gasteiger partial charge is 0.415 e. The number of pyridine rings is 2. The van der Waals surface area contributed by atoms with Gasteiger partial charge in [-0.1, -0.05) is 19.6 Å². The Labute approximate surface area is 197 Å².